The van der Waals surface area contributed by atoms with Crippen LogP contribution in [0.15, 0.2) is 18.2 Å². The summed E-state index contributed by atoms with van der Waals surface area (Å²) in [5.74, 6) is -5.72. The Hall–Kier alpha value is -2.49. The first-order valence-electron chi connectivity index (χ1n) is 9.29. The molecule has 1 aliphatic heterocycles. The van der Waals surface area contributed by atoms with Gasteiger partial charge in [-0.05, 0) is 31.4 Å². The molecule has 0 bridgehead atoms. The fourth-order valence-corrected chi connectivity index (χ4v) is 3.03. The summed E-state index contributed by atoms with van der Waals surface area (Å²) in [5, 5.41) is 10.2. The molecule has 10 heteroatoms. The van der Waals surface area contributed by atoms with E-state index in [-0.39, 0.29) is 30.6 Å². The first kappa shape index (κ1) is 22.8. The van der Waals surface area contributed by atoms with E-state index in [4.69, 9.17) is 14.1 Å². The predicted molar refractivity (Wildman–Crippen MR) is 98.6 cm³/mol. The van der Waals surface area contributed by atoms with Gasteiger partial charge < -0.3 is 19.2 Å². The van der Waals surface area contributed by atoms with Crippen LogP contribution in [-0.4, -0.2) is 42.6 Å². The number of esters is 2. The summed E-state index contributed by atoms with van der Waals surface area (Å²) in [4.78, 5) is 35.4. The van der Waals surface area contributed by atoms with Crippen molar-refractivity contribution < 1.29 is 42.3 Å². The van der Waals surface area contributed by atoms with Crippen molar-refractivity contribution in [3.63, 3.8) is 0 Å². The van der Waals surface area contributed by atoms with Crippen LogP contribution in [0.4, 0.5) is 8.78 Å². The molecule has 0 unspecified atom stereocenters. The van der Waals surface area contributed by atoms with Gasteiger partial charge in [-0.25, -0.2) is 13.6 Å². The molecule has 1 aromatic rings. The summed E-state index contributed by atoms with van der Waals surface area (Å²) in [6.07, 6.45) is -0.204. The number of ketones is 1. The lowest BCUT2D eigenvalue weighted by Crippen LogP contribution is -2.36. The second-order valence-corrected chi connectivity index (χ2v) is 7.07. The largest absolute Gasteiger partial charge is 0.535 e. The Kier molecular flexibility index (Phi) is 7.72. The fourth-order valence-electron chi connectivity index (χ4n) is 3.03. The highest BCUT2D eigenvalue weighted by Gasteiger charge is 2.39. The molecule has 0 aromatic heterocycles. The van der Waals surface area contributed by atoms with Crippen LogP contribution < -0.4 is 4.65 Å². The first-order valence-corrected chi connectivity index (χ1v) is 9.29. The molecular weight excluding hydrogens is 389 g/mol. The van der Waals surface area contributed by atoms with E-state index < -0.39 is 49.8 Å². The predicted octanol–water partition coefficient (Wildman–Crippen LogP) is 2.93. The minimum absolute atomic E-state index is 0.0259. The molecule has 158 valence electrons. The molecule has 1 atom stereocenters. The van der Waals surface area contributed by atoms with E-state index in [9.17, 15) is 28.2 Å². The van der Waals surface area contributed by atoms with E-state index in [1.165, 1.54) is 6.07 Å². The maximum Gasteiger partial charge on any atom is 0.526 e. The van der Waals surface area contributed by atoms with Crippen LogP contribution in [0.1, 0.15) is 55.5 Å². The fraction of sp³-hybridized carbons (Fsp3) is 0.526. The standard InChI is InChI=1S/C19H23BF2O7/c1-3-5-16(24)27-11-28-18(25)15-7-4-6-12-8-13(20(26)29-17(12)15)9-14(23)10-19(2,21)22/h4,6-7,13,26H,3,5,8-11H2,1-2H3/t13-/m1/s1. The highest BCUT2D eigenvalue weighted by Crippen LogP contribution is 2.37. The van der Waals surface area contributed by atoms with Gasteiger partial charge in [-0.3, -0.25) is 9.59 Å². The van der Waals surface area contributed by atoms with Crippen molar-refractivity contribution in [2.24, 2.45) is 0 Å². The topological polar surface area (TPSA) is 99.1 Å². The average Bonchev–Trinajstić information content (AvgIpc) is 2.60. The number of hydrogen-bond donors (Lipinski definition) is 1. The van der Waals surface area contributed by atoms with Gasteiger partial charge >= 0.3 is 19.1 Å². The minimum Gasteiger partial charge on any atom is -0.535 e. The maximum absolute atomic E-state index is 13.0. The third kappa shape index (κ3) is 6.81. The van der Waals surface area contributed by atoms with Crippen molar-refractivity contribution in [2.75, 3.05) is 6.79 Å². The normalized spacial score (nSPS) is 15.9. The van der Waals surface area contributed by atoms with Crippen LogP contribution >= 0.6 is 0 Å². The molecular formula is C19H23BF2O7. The second-order valence-electron chi connectivity index (χ2n) is 7.07. The van der Waals surface area contributed by atoms with Crippen molar-refractivity contribution in [3.8, 4) is 5.75 Å². The van der Waals surface area contributed by atoms with Gasteiger partial charge in [0.1, 0.15) is 17.1 Å². The molecule has 2 rings (SSSR count). The van der Waals surface area contributed by atoms with Crippen LogP contribution in [0.5, 0.6) is 5.75 Å². The highest BCUT2D eigenvalue weighted by atomic mass is 19.3. The van der Waals surface area contributed by atoms with E-state index in [0.717, 1.165) is 0 Å². The number of hydrogen-bond acceptors (Lipinski definition) is 7. The highest BCUT2D eigenvalue weighted by molar-refractivity contribution is 6.47. The van der Waals surface area contributed by atoms with Gasteiger partial charge in [0.05, 0.1) is 6.42 Å². The van der Waals surface area contributed by atoms with Gasteiger partial charge in [-0.15, -0.1) is 0 Å². The Morgan fingerprint density at radius 2 is 2.03 bits per heavy atom. The molecule has 0 radical (unpaired) electrons. The van der Waals surface area contributed by atoms with Gasteiger partial charge in [0.15, 0.2) is 0 Å². The summed E-state index contributed by atoms with van der Waals surface area (Å²) >= 11 is 0. The number of ether oxygens (including phenoxy) is 2. The molecule has 0 fully saturated rings. The molecule has 1 heterocycles. The minimum atomic E-state index is -3.12. The van der Waals surface area contributed by atoms with Gasteiger partial charge in [0.2, 0.25) is 6.79 Å². The Morgan fingerprint density at radius 3 is 2.69 bits per heavy atom. The lowest BCUT2D eigenvalue weighted by molar-refractivity contribution is -0.152. The summed E-state index contributed by atoms with van der Waals surface area (Å²) in [6, 6.07) is 4.63. The molecule has 0 saturated heterocycles. The van der Waals surface area contributed by atoms with Crippen LogP contribution in [0, 0.1) is 0 Å². The Labute approximate surface area is 167 Å². The summed E-state index contributed by atoms with van der Waals surface area (Å²) in [5.41, 5.74) is 0.562. The number of alkyl halides is 2. The summed E-state index contributed by atoms with van der Waals surface area (Å²) in [7, 11) is -1.44. The molecule has 7 nitrogen and oxygen atoms in total. The van der Waals surface area contributed by atoms with Gasteiger partial charge in [0, 0.05) is 18.7 Å². The lowest BCUT2D eigenvalue weighted by atomic mass is 9.64. The van der Waals surface area contributed by atoms with E-state index in [0.29, 0.717) is 18.9 Å². The van der Waals surface area contributed by atoms with E-state index in [1.807, 2.05) is 0 Å². The number of benzene rings is 1. The molecule has 1 aromatic carbocycles. The third-order valence-electron chi connectivity index (χ3n) is 4.30. The molecule has 0 spiro atoms. The van der Waals surface area contributed by atoms with E-state index in [1.54, 1.807) is 19.1 Å². The van der Waals surface area contributed by atoms with Crippen molar-refractivity contribution >= 4 is 24.8 Å². The Morgan fingerprint density at radius 1 is 1.31 bits per heavy atom. The number of rotatable bonds is 9. The monoisotopic (exact) mass is 412 g/mol. The van der Waals surface area contributed by atoms with Crippen molar-refractivity contribution in [2.45, 2.75) is 57.7 Å². The van der Waals surface area contributed by atoms with Crippen LogP contribution in [0.3, 0.4) is 0 Å². The Bertz CT molecular complexity index is 763. The van der Waals surface area contributed by atoms with Gasteiger partial charge in [-0.2, -0.15) is 0 Å². The van der Waals surface area contributed by atoms with Crippen LogP contribution in [0.2, 0.25) is 5.82 Å². The van der Waals surface area contributed by atoms with Gasteiger partial charge in [-0.1, -0.05) is 19.1 Å². The SMILES string of the molecule is CCCC(=O)OCOC(=O)c1cccc2c1OB(O)[C@@H](CC(=O)CC(C)(F)F)C2. The molecule has 1 aliphatic rings. The maximum atomic E-state index is 13.0. The smallest absolute Gasteiger partial charge is 0.526 e. The Balaban J connectivity index is 2.03. The number of halogens is 2. The molecule has 29 heavy (non-hydrogen) atoms. The first-order chi connectivity index (χ1) is 13.6. The quantitative estimate of drug-likeness (QED) is 0.378. The van der Waals surface area contributed by atoms with Crippen molar-refractivity contribution in [3.05, 3.63) is 29.3 Å². The van der Waals surface area contributed by atoms with Gasteiger partial charge in [0.25, 0.3) is 5.92 Å². The number of fused-ring (bicyclic) bond motifs is 1. The van der Waals surface area contributed by atoms with Crippen molar-refractivity contribution in [1.82, 2.24) is 0 Å². The zero-order valence-corrected chi connectivity index (χ0v) is 16.3. The summed E-state index contributed by atoms with van der Waals surface area (Å²) < 4.78 is 41.1. The molecule has 0 saturated carbocycles. The zero-order chi connectivity index (χ0) is 21.6. The third-order valence-corrected chi connectivity index (χ3v) is 4.30. The average molecular weight is 412 g/mol. The van der Waals surface area contributed by atoms with Crippen molar-refractivity contribution in [1.29, 1.82) is 0 Å². The van der Waals surface area contributed by atoms with E-state index in [2.05, 4.69) is 0 Å². The number of carbonyl (C=O) groups is 3. The summed E-state index contributed by atoms with van der Waals surface area (Å²) in [6.45, 7) is 1.92. The molecule has 0 aliphatic carbocycles. The zero-order valence-electron chi connectivity index (χ0n) is 16.3. The molecule has 0 amide bonds. The van der Waals surface area contributed by atoms with Crippen LogP contribution in [0.25, 0.3) is 0 Å². The number of Topliss-reactive ketones (excluding diaryl/α,β-unsaturated/α-hetero) is 1. The number of para-hydroxylation sites is 1. The second kappa shape index (κ2) is 9.82. The van der Waals surface area contributed by atoms with E-state index >= 15 is 0 Å². The van der Waals surface area contributed by atoms with Crippen LogP contribution in [-0.2, 0) is 25.5 Å². The molecule has 1 N–H and O–H groups in total. The lowest BCUT2D eigenvalue weighted by Gasteiger charge is -2.28. The number of carbonyl (C=O) groups excluding carboxylic acids is 3.